The van der Waals surface area contributed by atoms with Gasteiger partial charge in [0.15, 0.2) is 0 Å². The molecular weight excluding hydrogens is 222 g/mol. The molecule has 6 heteroatoms. The third-order valence-electron chi connectivity index (χ3n) is 2.35. The summed E-state index contributed by atoms with van der Waals surface area (Å²) < 4.78 is 0. The maximum atomic E-state index is 10.5. The zero-order valence-corrected chi connectivity index (χ0v) is 8.92. The van der Waals surface area contributed by atoms with Crippen molar-refractivity contribution in [1.82, 2.24) is 9.97 Å². The topological polar surface area (TPSA) is 109 Å². The van der Waals surface area contributed by atoms with Crippen LogP contribution in [0.5, 0.6) is 5.75 Å². The first-order chi connectivity index (χ1) is 8.06. The number of carbonyl (C=O) groups is 1. The molecule has 0 unspecified atom stereocenters. The minimum Gasteiger partial charge on any atom is -0.508 e. The number of hydrogen-bond donors (Lipinski definition) is 3. The van der Waals surface area contributed by atoms with E-state index in [1.54, 1.807) is 6.07 Å². The van der Waals surface area contributed by atoms with Crippen LogP contribution in [0, 0.1) is 0 Å². The fourth-order valence-electron chi connectivity index (χ4n) is 1.62. The number of phenolic OH excluding ortho intramolecular Hbond substituents is 1. The van der Waals surface area contributed by atoms with Crippen LogP contribution >= 0.6 is 0 Å². The molecule has 0 radical (unpaired) electrons. The Bertz CT molecular complexity index is 578. The lowest BCUT2D eigenvalue weighted by Gasteiger charge is -2.05. The van der Waals surface area contributed by atoms with Gasteiger partial charge in [0.1, 0.15) is 5.75 Å². The van der Waals surface area contributed by atoms with E-state index in [4.69, 9.17) is 10.8 Å². The number of nitrogen functional groups attached to an aromatic ring is 1. The normalized spacial score (nSPS) is 10.6. The molecule has 0 saturated heterocycles. The highest BCUT2D eigenvalue weighted by atomic mass is 16.4. The Morgan fingerprint density at radius 1 is 1.35 bits per heavy atom. The van der Waals surface area contributed by atoms with Gasteiger partial charge in [-0.25, -0.2) is 9.97 Å². The van der Waals surface area contributed by atoms with Gasteiger partial charge in [-0.3, -0.25) is 4.79 Å². The van der Waals surface area contributed by atoms with E-state index in [0.717, 1.165) is 0 Å². The Labute approximate surface area is 96.7 Å². The monoisotopic (exact) mass is 233 g/mol. The standard InChI is InChI=1S/C11H11N3O3/c12-11-13-8(3-4-10(16)17)7-2-1-6(15)5-9(7)14-11/h1-2,5,15H,3-4H2,(H,16,17)(H2,12,13,14). The van der Waals surface area contributed by atoms with E-state index < -0.39 is 5.97 Å². The van der Waals surface area contributed by atoms with Gasteiger partial charge in [0.25, 0.3) is 0 Å². The van der Waals surface area contributed by atoms with Crippen molar-refractivity contribution >= 4 is 22.8 Å². The lowest BCUT2D eigenvalue weighted by molar-refractivity contribution is -0.136. The van der Waals surface area contributed by atoms with Crippen molar-refractivity contribution in [3.63, 3.8) is 0 Å². The number of phenols is 1. The van der Waals surface area contributed by atoms with Gasteiger partial charge in [-0.2, -0.15) is 0 Å². The van der Waals surface area contributed by atoms with E-state index in [0.29, 0.717) is 16.6 Å². The summed E-state index contributed by atoms with van der Waals surface area (Å²) in [7, 11) is 0. The SMILES string of the molecule is Nc1nc(CCC(=O)O)c2ccc(O)cc2n1. The Balaban J connectivity index is 2.50. The summed E-state index contributed by atoms with van der Waals surface area (Å²) >= 11 is 0. The Morgan fingerprint density at radius 3 is 2.82 bits per heavy atom. The minimum absolute atomic E-state index is 0.0214. The number of rotatable bonds is 3. The molecule has 2 rings (SSSR count). The van der Waals surface area contributed by atoms with E-state index >= 15 is 0 Å². The molecule has 0 aliphatic heterocycles. The number of hydrogen-bond acceptors (Lipinski definition) is 5. The van der Waals surface area contributed by atoms with Crippen molar-refractivity contribution in [3.8, 4) is 5.75 Å². The summed E-state index contributed by atoms with van der Waals surface area (Å²) in [5, 5.41) is 18.7. The average molecular weight is 233 g/mol. The van der Waals surface area contributed by atoms with Crippen LogP contribution in [0.3, 0.4) is 0 Å². The van der Waals surface area contributed by atoms with Crippen LogP contribution < -0.4 is 5.73 Å². The third kappa shape index (κ3) is 2.41. The predicted octanol–water partition coefficient (Wildman–Crippen LogP) is 0.935. The quantitative estimate of drug-likeness (QED) is 0.727. The largest absolute Gasteiger partial charge is 0.508 e. The van der Waals surface area contributed by atoms with Crippen LogP contribution in [0.15, 0.2) is 18.2 Å². The molecule has 4 N–H and O–H groups in total. The summed E-state index contributed by atoms with van der Waals surface area (Å²) in [4.78, 5) is 18.5. The van der Waals surface area contributed by atoms with Crippen LogP contribution in [0.2, 0.25) is 0 Å². The number of carboxylic acids is 1. The second kappa shape index (κ2) is 4.25. The minimum atomic E-state index is -0.894. The van der Waals surface area contributed by atoms with Gasteiger partial charge in [-0.1, -0.05) is 0 Å². The summed E-state index contributed by atoms with van der Waals surface area (Å²) in [5.41, 5.74) is 6.62. The molecule has 1 heterocycles. The number of aliphatic carboxylic acids is 1. The first kappa shape index (κ1) is 11.1. The molecule has 1 aromatic carbocycles. The van der Waals surface area contributed by atoms with Crippen LogP contribution in [-0.2, 0) is 11.2 Å². The molecule has 0 amide bonds. The van der Waals surface area contributed by atoms with Crippen molar-refractivity contribution in [2.24, 2.45) is 0 Å². The highest BCUT2D eigenvalue weighted by molar-refractivity contribution is 5.83. The molecular formula is C11H11N3O3. The fourth-order valence-corrected chi connectivity index (χ4v) is 1.62. The van der Waals surface area contributed by atoms with Crippen molar-refractivity contribution in [1.29, 1.82) is 0 Å². The lowest BCUT2D eigenvalue weighted by atomic mass is 10.1. The number of nitrogens with two attached hydrogens (primary N) is 1. The number of aryl methyl sites for hydroxylation is 1. The molecule has 0 atom stereocenters. The van der Waals surface area contributed by atoms with E-state index in [-0.39, 0.29) is 24.5 Å². The molecule has 0 spiro atoms. The summed E-state index contributed by atoms with van der Waals surface area (Å²) in [6.07, 6.45) is 0.260. The number of carboxylic acid groups (broad SMARTS) is 1. The summed E-state index contributed by atoms with van der Waals surface area (Å²) in [6, 6.07) is 4.63. The summed E-state index contributed by atoms with van der Waals surface area (Å²) in [5.74, 6) is -0.739. The Hall–Kier alpha value is -2.37. The second-order valence-corrected chi connectivity index (χ2v) is 3.62. The van der Waals surface area contributed by atoms with Crippen LogP contribution in [0.25, 0.3) is 10.9 Å². The molecule has 1 aromatic heterocycles. The third-order valence-corrected chi connectivity index (χ3v) is 2.35. The molecule has 2 aromatic rings. The Morgan fingerprint density at radius 2 is 2.12 bits per heavy atom. The van der Waals surface area contributed by atoms with Gasteiger partial charge in [0.05, 0.1) is 17.6 Å². The highest BCUT2D eigenvalue weighted by Gasteiger charge is 2.08. The average Bonchev–Trinajstić information content (AvgIpc) is 2.24. The first-order valence-electron chi connectivity index (χ1n) is 5.03. The number of nitrogens with zero attached hydrogens (tertiary/aromatic N) is 2. The van der Waals surface area contributed by atoms with Crippen molar-refractivity contribution in [2.45, 2.75) is 12.8 Å². The maximum absolute atomic E-state index is 10.5. The van der Waals surface area contributed by atoms with Gasteiger partial charge >= 0.3 is 5.97 Å². The van der Waals surface area contributed by atoms with E-state index in [1.807, 2.05) is 0 Å². The highest BCUT2D eigenvalue weighted by Crippen LogP contribution is 2.22. The maximum Gasteiger partial charge on any atom is 0.303 e. The van der Waals surface area contributed by atoms with Crippen molar-refractivity contribution < 1.29 is 15.0 Å². The first-order valence-corrected chi connectivity index (χ1v) is 5.03. The smallest absolute Gasteiger partial charge is 0.303 e. The number of anilines is 1. The molecule has 0 bridgehead atoms. The number of aromatic hydroxyl groups is 1. The number of fused-ring (bicyclic) bond motifs is 1. The molecule has 88 valence electrons. The lowest BCUT2D eigenvalue weighted by Crippen LogP contribution is -2.04. The van der Waals surface area contributed by atoms with E-state index in [1.165, 1.54) is 12.1 Å². The summed E-state index contributed by atoms with van der Waals surface area (Å²) in [6.45, 7) is 0. The predicted molar refractivity (Wildman–Crippen MR) is 61.6 cm³/mol. The van der Waals surface area contributed by atoms with E-state index in [9.17, 15) is 9.90 Å². The van der Waals surface area contributed by atoms with E-state index in [2.05, 4.69) is 9.97 Å². The fraction of sp³-hybridized carbons (Fsp3) is 0.182. The van der Waals surface area contributed by atoms with Crippen LogP contribution in [0.4, 0.5) is 5.95 Å². The van der Waals surface area contributed by atoms with Gasteiger partial charge in [0.2, 0.25) is 5.95 Å². The molecule has 0 saturated carbocycles. The molecule has 6 nitrogen and oxygen atoms in total. The van der Waals surface area contributed by atoms with Gasteiger partial charge in [-0.05, 0) is 12.1 Å². The number of aromatic nitrogens is 2. The van der Waals surface area contributed by atoms with Gasteiger partial charge in [-0.15, -0.1) is 0 Å². The van der Waals surface area contributed by atoms with Crippen LogP contribution in [0.1, 0.15) is 12.1 Å². The van der Waals surface area contributed by atoms with Gasteiger partial charge in [0, 0.05) is 17.9 Å². The zero-order valence-electron chi connectivity index (χ0n) is 8.92. The molecule has 17 heavy (non-hydrogen) atoms. The molecule has 0 aliphatic carbocycles. The molecule has 0 aliphatic rings. The molecule has 0 fully saturated rings. The van der Waals surface area contributed by atoms with Crippen molar-refractivity contribution in [2.75, 3.05) is 5.73 Å². The van der Waals surface area contributed by atoms with Crippen molar-refractivity contribution in [3.05, 3.63) is 23.9 Å². The van der Waals surface area contributed by atoms with Gasteiger partial charge < -0.3 is 15.9 Å². The van der Waals surface area contributed by atoms with Crippen LogP contribution in [-0.4, -0.2) is 26.2 Å². The Kier molecular flexibility index (Phi) is 2.78. The number of benzene rings is 1. The zero-order chi connectivity index (χ0) is 12.4. The second-order valence-electron chi connectivity index (χ2n) is 3.62.